The standard InChI is InChI=1S/C17H25F2N3O/c1-3-22(4-2)11-14-7-5-13(6-8-14)10-20-16(23)15-9-17(18,19)12-21-15/h5-8,15,21H,3-4,9-12H2,1-2H3,(H,20,23). The SMILES string of the molecule is CCN(CC)Cc1ccc(CNC(=O)C2CC(F)(F)CN2)cc1. The lowest BCUT2D eigenvalue weighted by atomic mass is 10.1. The largest absolute Gasteiger partial charge is 0.351 e. The van der Waals surface area contributed by atoms with Crippen LogP contribution in [0, 0.1) is 0 Å². The molecular formula is C17H25F2N3O. The van der Waals surface area contributed by atoms with Gasteiger partial charge in [0.25, 0.3) is 5.92 Å². The molecule has 1 saturated heterocycles. The molecule has 4 nitrogen and oxygen atoms in total. The summed E-state index contributed by atoms with van der Waals surface area (Å²) in [5.41, 5.74) is 2.19. The number of alkyl halides is 2. The Labute approximate surface area is 136 Å². The molecule has 1 aliphatic rings. The summed E-state index contributed by atoms with van der Waals surface area (Å²) in [5, 5.41) is 5.27. The minimum Gasteiger partial charge on any atom is -0.351 e. The predicted octanol–water partition coefficient (Wildman–Crippen LogP) is 2.14. The molecule has 2 N–H and O–H groups in total. The van der Waals surface area contributed by atoms with Gasteiger partial charge < -0.3 is 5.32 Å². The van der Waals surface area contributed by atoms with Gasteiger partial charge in [-0.25, -0.2) is 8.78 Å². The Morgan fingerprint density at radius 3 is 2.39 bits per heavy atom. The Morgan fingerprint density at radius 1 is 1.26 bits per heavy atom. The van der Waals surface area contributed by atoms with Gasteiger partial charge in [0.1, 0.15) is 0 Å². The van der Waals surface area contributed by atoms with E-state index in [9.17, 15) is 13.6 Å². The quantitative estimate of drug-likeness (QED) is 0.807. The molecule has 0 saturated carbocycles. The van der Waals surface area contributed by atoms with Crippen molar-refractivity contribution >= 4 is 5.91 Å². The summed E-state index contributed by atoms with van der Waals surface area (Å²) in [6, 6.07) is 7.22. The summed E-state index contributed by atoms with van der Waals surface area (Å²) in [7, 11) is 0. The zero-order valence-electron chi connectivity index (χ0n) is 13.7. The molecule has 1 aliphatic heterocycles. The van der Waals surface area contributed by atoms with E-state index in [-0.39, 0.29) is 5.91 Å². The summed E-state index contributed by atoms with van der Waals surface area (Å²) in [5.74, 6) is -3.15. The molecule has 0 radical (unpaired) electrons. The highest BCUT2D eigenvalue weighted by atomic mass is 19.3. The molecule has 1 heterocycles. The summed E-state index contributed by atoms with van der Waals surface area (Å²) in [6.45, 7) is 7.11. The number of amides is 1. The molecule has 0 aromatic heterocycles. The summed E-state index contributed by atoms with van der Waals surface area (Å²) < 4.78 is 26.2. The zero-order chi connectivity index (χ0) is 16.9. The summed E-state index contributed by atoms with van der Waals surface area (Å²) in [6.07, 6.45) is -0.429. The molecule has 1 atom stereocenters. The number of hydrogen-bond acceptors (Lipinski definition) is 3. The Hall–Kier alpha value is -1.53. The van der Waals surface area contributed by atoms with Gasteiger partial charge in [-0.3, -0.25) is 15.0 Å². The van der Waals surface area contributed by atoms with E-state index in [0.717, 1.165) is 25.2 Å². The van der Waals surface area contributed by atoms with Crippen molar-refractivity contribution < 1.29 is 13.6 Å². The highest BCUT2D eigenvalue weighted by molar-refractivity contribution is 5.82. The topological polar surface area (TPSA) is 44.4 Å². The Balaban J connectivity index is 1.81. The summed E-state index contributed by atoms with van der Waals surface area (Å²) in [4.78, 5) is 14.2. The molecule has 0 bridgehead atoms. The van der Waals surface area contributed by atoms with Crippen LogP contribution in [-0.2, 0) is 17.9 Å². The molecule has 128 valence electrons. The highest BCUT2D eigenvalue weighted by Crippen LogP contribution is 2.25. The Morgan fingerprint density at radius 2 is 1.87 bits per heavy atom. The van der Waals surface area contributed by atoms with Crippen LogP contribution in [0.5, 0.6) is 0 Å². The van der Waals surface area contributed by atoms with Crippen molar-refractivity contribution in [3.8, 4) is 0 Å². The summed E-state index contributed by atoms with van der Waals surface area (Å²) >= 11 is 0. The highest BCUT2D eigenvalue weighted by Gasteiger charge is 2.42. The number of carbonyl (C=O) groups is 1. The van der Waals surface area contributed by atoms with Crippen molar-refractivity contribution in [1.29, 1.82) is 0 Å². The van der Waals surface area contributed by atoms with Crippen LogP contribution < -0.4 is 10.6 Å². The van der Waals surface area contributed by atoms with Gasteiger partial charge in [0.2, 0.25) is 5.91 Å². The number of rotatable bonds is 7. The average Bonchev–Trinajstić information content (AvgIpc) is 2.91. The molecule has 0 spiro atoms. The van der Waals surface area contributed by atoms with Crippen LogP contribution in [0.4, 0.5) is 8.78 Å². The van der Waals surface area contributed by atoms with E-state index < -0.39 is 24.9 Å². The first kappa shape index (κ1) is 17.8. The maximum absolute atomic E-state index is 13.1. The molecule has 6 heteroatoms. The zero-order valence-corrected chi connectivity index (χ0v) is 13.7. The first-order valence-corrected chi connectivity index (χ1v) is 8.12. The first-order chi connectivity index (χ1) is 10.9. The van der Waals surface area contributed by atoms with Crippen molar-refractivity contribution in [3.05, 3.63) is 35.4 Å². The van der Waals surface area contributed by atoms with Crippen molar-refractivity contribution in [2.75, 3.05) is 19.6 Å². The van der Waals surface area contributed by atoms with E-state index in [1.807, 2.05) is 24.3 Å². The molecule has 2 rings (SSSR count). The van der Waals surface area contributed by atoms with Crippen molar-refractivity contribution in [3.63, 3.8) is 0 Å². The van der Waals surface area contributed by atoms with E-state index in [0.29, 0.717) is 6.54 Å². The van der Waals surface area contributed by atoms with E-state index in [4.69, 9.17) is 0 Å². The van der Waals surface area contributed by atoms with Crippen LogP contribution in [0.3, 0.4) is 0 Å². The third kappa shape index (κ3) is 5.25. The molecular weight excluding hydrogens is 300 g/mol. The van der Waals surface area contributed by atoms with Gasteiger partial charge in [0.15, 0.2) is 0 Å². The van der Waals surface area contributed by atoms with Gasteiger partial charge in [0.05, 0.1) is 12.6 Å². The molecule has 0 aliphatic carbocycles. The minimum absolute atomic E-state index is 0.355. The van der Waals surface area contributed by atoms with Gasteiger partial charge in [-0.1, -0.05) is 38.1 Å². The smallest absolute Gasteiger partial charge is 0.262 e. The van der Waals surface area contributed by atoms with E-state index >= 15 is 0 Å². The van der Waals surface area contributed by atoms with Gasteiger partial charge in [-0.2, -0.15) is 0 Å². The van der Waals surface area contributed by atoms with Crippen LogP contribution in [0.1, 0.15) is 31.4 Å². The maximum Gasteiger partial charge on any atom is 0.262 e. The van der Waals surface area contributed by atoms with E-state index in [1.54, 1.807) is 0 Å². The number of carbonyl (C=O) groups excluding carboxylic acids is 1. The van der Waals surface area contributed by atoms with Crippen molar-refractivity contribution in [1.82, 2.24) is 15.5 Å². The lowest BCUT2D eigenvalue weighted by Crippen LogP contribution is -2.40. The second-order valence-electron chi connectivity index (χ2n) is 5.99. The number of nitrogens with zero attached hydrogens (tertiary/aromatic N) is 1. The molecule has 1 aromatic rings. The average molecular weight is 325 g/mol. The minimum atomic E-state index is -2.78. The second-order valence-corrected chi connectivity index (χ2v) is 5.99. The molecule has 1 aromatic carbocycles. The number of benzene rings is 1. The fourth-order valence-corrected chi connectivity index (χ4v) is 2.68. The van der Waals surface area contributed by atoms with Gasteiger partial charge in [0, 0.05) is 19.5 Å². The first-order valence-electron chi connectivity index (χ1n) is 8.12. The molecule has 1 fully saturated rings. The molecule has 1 unspecified atom stereocenters. The van der Waals surface area contributed by atoms with Crippen LogP contribution >= 0.6 is 0 Å². The monoisotopic (exact) mass is 325 g/mol. The van der Waals surface area contributed by atoms with Gasteiger partial charge >= 0.3 is 0 Å². The third-order valence-corrected chi connectivity index (χ3v) is 4.22. The number of hydrogen-bond donors (Lipinski definition) is 2. The van der Waals surface area contributed by atoms with Crippen molar-refractivity contribution in [2.45, 2.75) is 45.3 Å². The third-order valence-electron chi connectivity index (χ3n) is 4.22. The predicted molar refractivity (Wildman–Crippen MR) is 86.3 cm³/mol. The van der Waals surface area contributed by atoms with Crippen LogP contribution in [-0.4, -0.2) is 42.4 Å². The normalized spacial score (nSPS) is 20.0. The molecule has 1 amide bonds. The van der Waals surface area contributed by atoms with Crippen LogP contribution in [0.25, 0.3) is 0 Å². The van der Waals surface area contributed by atoms with E-state index in [2.05, 4.69) is 29.4 Å². The fraction of sp³-hybridized carbons (Fsp3) is 0.588. The Bertz CT molecular complexity index is 515. The second kappa shape index (κ2) is 7.84. The van der Waals surface area contributed by atoms with Gasteiger partial charge in [-0.05, 0) is 24.2 Å². The Kier molecular flexibility index (Phi) is 6.07. The van der Waals surface area contributed by atoms with Crippen LogP contribution in [0.15, 0.2) is 24.3 Å². The lowest BCUT2D eigenvalue weighted by Gasteiger charge is -2.18. The van der Waals surface area contributed by atoms with E-state index in [1.165, 1.54) is 5.56 Å². The lowest BCUT2D eigenvalue weighted by molar-refractivity contribution is -0.123. The van der Waals surface area contributed by atoms with Crippen molar-refractivity contribution in [2.24, 2.45) is 0 Å². The number of nitrogens with one attached hydrogen (secondary N) is 2. The molecule has 23 heavy (non-hydrogen) atoms. The maximum atomic E-state index is 13.1. The van der Waals surface area contributed by atoms with Gasteiger partial charge in [-0.15, -0.1) is 0 Å². The van der Waals surface area contributed by atoms with Crippen LogP contribution in [0.2, 0.25) is 0 Å². The fourth-order valence-electron chi connectivity index (χ4n) is 2.68. The number of halogens is 2.